The van der Waals surface area contributed by atoms with Crippen LogP contribution in [0.5, 0.6) is 11.5 Å². The lowest BCUT2D eigenvalue weighted by atomic mass is 10.2. The van der Waals surface area contributed by atoms with Gasteiger partial charge in [-0.05, 0) is 30.3 Å². The fourth-order valence-corrected chi connectivity index (χ4v) is 3.39. The van der Waals surface area contributed by atoms with E-state index in [9.17, 15) is 9.90 Å². The van der Waals surface area contributed by atoms with E-state index in [1.54, 1.807) is 24.4 Å². The normalized spacial score (nSPS) is 15.5. The fourth-order valence-electron chi connectivity index (χ4n) is 3.28. The van der Waals surface area contributed by atoms with Crippen LogP contribution < -0.4 is 14.4 Å². The molecule has 0 spiro atoms. The van der Waals surface area contributed by atoms with Crippen LogP contribution in [0.15, 0.2) is 36.5 Å². The lowest BCUT2D eigenvalue weighted by Crippen LogP contribution is -2.49. The smallest absolute Gasteiger partial charge is 0.337 e. The van der Waals surface area contributed by atoms with Gasteiger partial charge in [-0.15, -0.1) is 0 Å². The van der Waals surface area contributed by atoms with E-state index in [0.717, 1.165) is 32.0 Å². The Bertz CT molecular complexity index is 841. The molecule has 1 atom stereocenters. The van der Waals surface area contributed by atoms with Crippen molar-refractivity contribution < 1.29 is 24.1 Å². The Morgan fingerprint density at radius 1 is 1.17 bits per heavy atom. The van der Waals surface area contributed by atoms with Gasteiger partial charge in [-0.25, -0.2) is 9.78 Å². The van der Waals surface area contributed by atoms with E-state index in [0.29, 0.717) is 28.6 Å². The molecule has 0 radical (unpaired) electrons. The van der Waals surface area contributed by atoms with E-state index in [4.69, 9.17) is 25.8 Å². The summed E-state index contributed by atoms with van der Waals surface area (Å²) >= 11 is 5.89. The maximum Gasteiger partial charge on any atom is 0.337 e. The largest absolute Gasteiger partial charge is 0.493 e. The van der Waals surface area contributed by atoms with Crippen molar-refractivity contribution in [3.63, 3.8) is 0 Å². The molecule has 162 valence electrons. The topological polar surface area (TPSA) is 84.4 Å². The second-order valence-electron chi connectivity index (χ2n) is 6.94. The highest BCUT2D eigenvalue weighted by Crippen LogP contribution is 2.28. The van der Waals surface area contributed by atoms with Crippen LogP contribution >= 0.6 is 11.6 Å². The third kappa shape index (κ3) is 5.75. The number of carbonyl (C=O) groups excluding carboxylic acids is 1. The van der Waals surface area contributed by atoms with Gasteiger partial charge in [-0.2, -0.15) is 0 Å². The van der Waals surface area contributed by atoms with Gasteiger partial charge >= 0.3 is 5.97 Å². The highest BCUT2D eigenvalue weighted by Gasteiger charge is 2.21. The van der Waals surface area contributed by atoms with Crippen molar-refractivity contribution >= 4 is 23.4 Å². The number of benzene rings is 1. The Morgan fingerprint density at radius 2 is 1.93 bits per heavy atom. The highest BCUT2D eigenvalue weighted by atomic mass is 35.5. The first-order valence-corrected chi connectivity index (χ1v) is 10.0. The number of carbonyl (C=O) groups is 1. The van der Waals surface area contributed by atoms with E-state index >= 15 is 0 Å². The van der Waals surface area contributed by atoms with E-state index in [-0.39, 0.29) is 6.61 Å². The third-order valence-electron chi connectivity index (χ3n) is 4.89. The Kier molecular flexibility index (Phi) is 7.73. The average Bonchev–Trinajstić information content (AvgIpc) is 2.78. The summed E-state index contributed by atoms with van der Waals surface area (Å²) in [5.74, 6) is 1.33. The number of rotatable bonds is 8. The molecule has 0 saturated carbocycles. The van der Waals surface area contributed by atoms with E-state index in [2.05, 4.69) is 14.8 Å². The van der Waals surface area contributed by atoms with Crippen molar-refractivity contribution in [2.75, 3.05) is 58.5 Å². The standard InChI is InChI=1S/C21H26ClN3O5/c1-28-19-11-15(21(27)29-2)3-5-18(19)30-14-17(26)13-24-7-9-25(10-8-24)20-6-4-16(22)12-23-20/h3-6,11-12,17,26H,7-10,13-14H2,1-2H3. The molecular formula is C21H26ClN3O5. The number of methoxy groups -OCH3 is 2. The Labute approximate surface area is 180 Å². The molecular weight excluding hydrogens is 410 g/mol. The Balaban J connectivity index is 1.47. The van der Waals surface area contributed by atoms with Crippen LogP contribution in [-0.4, -0.2) is 80.6 Å². The zero-order valence-corrected chi connectivity index (χ0v) is 17.8. The van der Waals surface area contributed by atoms with Crippen molar-refractivity contribution in [2.24, 2.45) is 0 Å². The molecule has 0 bridgehead atoms. The quantitative estimate of drug-likeness (QED) is 0.631. The Hall–Kier alpha value is -2.55. The second-order valence-corrected chi connectivity index (χ2v) is 7.38. The minimum Gasteiger partial charge on any atom is -0.493 e. The minimum absolute atomic E-state index is 0.118. The van der Waals surface area contributed by atoms with Crippen molar-refractivity contribution in [2.45, 2.75) is 6.10 Å². The first-order valence-electron chi connectivity index (χ1n) is 9.66. The number of anilines is 1. The SMILES string of the molecule is COC(=O)c1ccc(OCC(O)CN2CCN(c3ccc(Cl)cn3)CC2)c(OC)c1. The van der Waals surface area contributed by atoms with Gasteiger partial charge in [0.1, 0.15) is 18.5 Å². The summed E-state index contributed by atoms with van der Waals surface area (Å²) in [4.78, 5) is 20.4. The number of aliphatic hydroxyl groups excluding tert-OH is 1. The van der Waals surface area contributed by atoms with Crippen molar-refractivity contribution in [1.29, 1.82) is 0 Å². The molecule has 8 nitrogen and oxygen atoms in total. The Morgan fingerprint density at radius 3 is 2.57 bits per heavy atom. The summed E-state index contributed by atoms with van der Waals surface area (Å²) in [6.07, 6.45) is 0.992. The van der Waals surface area contributed by atoms with Gasteiger partial charge in [0, 0.05) is 38.9 Å². The fraction of sp³-hybridized carbons (Fsp3) is 0.429. The molecule has 0 amide bonds. The molecule has 1 unspecified atom stereocenters. The van der Waals surface area contributed by atoms with Gasteiger partial charge in [0.2, 0.25) is 0 Å². The summed E-state index contributed by atoms with van der Waals surface area (Å²) < 4.78 is 15.7. The molecule has 2 aromatic rings. The molecule has 30 heavy (non-hydrogen) atoms. The second kappa shape index (κ2) is 10.5. The average molecular weight is 436 g/mol. The minimum atomic E-state index is -0.657. The first kappa shape index (κ1) is 22.1. The van der Waals surface area contributed by atoms with Crippen LogP contribution in [-0.2, 0) is 4.74 Å². The number of β-amino-alcohol motifs (C(OH)–C–C–N with tert-alkyl or cyclic N) is 1. The summed E-state index contributed by atoms with van der Waals surface area (Å²) in [6.45, 7) is 3.91. The number of ether oxygens (including phenoxy) is 3. The molecule has 1 aromatic heterocycles. The molecule has 9 heteroatoms. The summed E-state index contributed by atoms with van der Waals surface area (Å²) in [6, 6.07) is 8.54. The number of halogens is 1. The maximum atomic E-state index is 11.6. The van der Waals surface area contributed by atoms with Crippen LogP contribution in [0, 0.1) is 0 Å². The lowest BCUT2D eigenvalue weighted by molar-refractivity contribution is 0.0597. The van der Waals surface area contributed by atoms with Gasteiger partial charge in [0.15, 0.2) is 11.5 Å². The number of hydrogen-bond donors (Lipinski definition) is 1. The molecule has 1 aliphatic rings. The zero-order valence-electron chi connectivity index (χ0n) is 17.1. The number of pyridine rings is 1. The van der Waals surface area contributed by atoms with Gasteiger partial charge in [0.05, 0.1) is 24.8 Å². The molecule has 2 heterocycles. The first-order chi connectivity index (χ1) is 14.5. The van der Waals surface area contributed by atoms with Gasteiger partial charge in [-0.1, -0.05) is 11.6 Å². The predicted octanol–water partition coefficient (Wildman–Crippen LogP) is 2.09. The van der Waals surface area contributed by atoms with Crippen LogP contribution in [0.1, 0.15) is 10.4 Å². The molecule has 1 N–H and O–H groups in total. The van der Waals surface area contributed by atoms with Crippen molar-refractivity contribution in [3.8, 4) is 11.5 Å². The van der Waals surface area contributed by atoms with Crippen LogP contribution in [0.25, 0.3) is 0 Å². The molecule has 0 aliphatic carbocycles. The molecule has 1 saturated heterocycles. The molecule has 3 rings (SSSR count). The number of piperazine rings is 1. The summed E-state index contributed by atoms with van der Waals surface area (Å²) in [5, 5.41) is 11.0. The predicted molar refractivity (Wildman–Crippen MR) is 114 cm³/mol. The van der Waals surface area contributed by atoms with Gasteiger partial charge < -0.3 is 24.2 Å². The number of aliphatic hydroxyl groups is 1. The van der Waals surface area contributed by atoms with E-state index in [1.165, 1.54) is 14.2 Å². The third-order valence-corrected chi connectivity index (χ3v) is 5.12. The van der Waals surface area contributed by atoms with Crippen LogP contribution in [0.2, 0.25) is 5.02 Å². The van der Waals surface area contributed by atoms with Gasteiger partial charge in [0.25, 0.3) is 0 Å². The summed E-state index contributed by atoms with van der Waals surface area (Å²) in [5.41, 5.74) is 0.371. The zero-order chi connectivity index (χ0) is 21.5. The highest BCUT2D eigenvalue weighted by molar-refractivity contribution is 6.30. The van der Waals surface area contributed by atoms with Crippen molar-refractivity contribution in [3.05, 3.63) is 47.1 Å². The summed E-state index contributed by atoms with van der Waals surface area (Å²) in [7, 11) is 2.82. The van der Waals surface area contributed by atoms with Crippen molar-refractivity contribution in [1.82, 2.24) is 9.88 Å². The molecule has 1 aliphatic heterocycles. The van der Waals surface area contributed by atoms with Gasteiger partial charge in [-0.3, -0.25) is 4.90 Å². The number of nitrogens with zero attached hydrogens (tertiary/aromatic N) is 3. The lowest BCUT2D eigenvalue weighted by Gasteiger charge is -2.36. The number of esters is 1. The van der Waals surface area contributed by atoms with E-state index < -0.39 is 12.1 Å². The monoisotopic (exact) mass is 435 g/mol. The van der Waals surface area contributed by atoms with Crippen LogP contribution in [0.3, 0.4) is 0 Å². The molecule has 1 fully saturated rings. The maximum absolute atomic E-state index is 11.6. The van der Waals surface area contributed by atoms with E-state index in [1.807, 2.05) is 12.1 Å². The number of aromatic nitrogens is 1. The molecule has 1 aromatic carbocycles. The number of hydrogen-bond acceptors (Lipinski definition) is 8. The van der Waals surface area contributed by atoms with Crippen LogP contribution in [0.4, 0.5) is 5.82 Å².